The Balaban J connectivity index is 0.00000161. The highest BCUT2D eigenvalue weighted by molar-refractivity contribution is 5.85. The molecule has 1 aromatic carbocycles. The number of nitrogens with zero attached hydrogens (tertiary/aromatic N) is 3. The summed E-state index contributed by atoms with van der Waals surface area (Å²) >= 11 is 0. The molecule has 1 aliphatic heterocycles. The summed E-state index contributed by atoms with van der Waals surface area (Å²) in [6.45, 7) is 5.08. The van der Waals surface area contributed by atoms with Gasteiger partial charge in [0.1, 0.15) is 0 Å². The van der Waals surface area contributed by atoms with E-state index < -0.39 is 0 Å². The van der Waals surface area contributed by atoms with E-state index >= 15 is 0 Å². The average Bonchev–Trinajstić information content (AvgIpc) is 3.08. The molecular formula is C16H23ClN4. The summed E-state index contributed by atoms with van der Waals surface area (Å²) in [5.74, 6) is 0.640. The fourth-order valence-electron chi connectivity index (χ4n) is 2.99. The van der Waals surface area contributed by atoms with Gasteiger partial charge >= 0.3 is 0 Å². The Bertz CT molecular complexity index is 554. The zero-order valence-electron chi connectivity index (χ0n) is 12.4. The van der Waals surface area contributed by atoms with Gasteiger partial charge in [-0.1, -0.05) is 18.2 Å². The quantitative estimate of drug-likeness (QED) is 0.944. The second-order valence-electron chi connectivity index (χ2n) is 5.70. The first-order valence-corrected chi connectivity index (χ1v) is 7.30. The molecule has 2 aromatic rings. The molecule has 0 saturated carbocycles. The van der Waals surface area contributed by atoms with E-state index in [4.69, 9.17) is 5.73 Å². The van der Waals surface area contributed by atoms with Crippen LogP contribution in [0.25, 0.3) is 5.69 Å². The van der Waals surface area contributed by atoms with Crippen LogP contribution in [0.3, 0.4) is 0 Å². The summed E-state index contributed by atoms with van der Waals surface area (Å²) in [5.41, 5.74) is 8.01. The molecule has 0 bridgehead atoms. The van der Waals surface area contributed by atoms with Gasteiger partial charge in [-0.3, -0.25) is 4.90 Å². The van der Waals surface area contributed by atoms with E-state index in [1.54, 1.807) is 0 Å². The van der Waals surface area contributed by atoms with Crippen LogP contribution in [-0.2, 0) is 6.54 Å². The number of hydrogen-bond donors (Lipinski definition) is 1. The molecule has 21 heavy (non-hydrogen) atoms. The Hall–Kier alpha value is -1.36. The van der Waals surface area contributed by atoms with Gasteiger partial charge in [0.15, 0.2) is 0 Å². The highest BCUT2D eigenvalue weighted by Crippen LogP contribution is 2.23. The van der Waals surface area contributed by atoms with Crippen LogP contribution < -0.4 is 5.73 Å². The molecule has 0 radical (unpaired) electrons. The largest absolute Gasteiger partial charge is 0.330 e. The first-order chi connectivity index (χ1) is 9.76. The molecule has 1 aliphatic rings. The summed E-state index contributed by atoms with van der Waals surface area (Å²) in [6.07, 6.45) is 3.24. The Morgan fingerprint density at radius 1 is 1.24 bits per heavy atom. The van der Waals surface area contributed by atoms with Crippen LogP contribution in [-0.4, -0.2) is 33.8 Å². The first-order valence-electron chi connectivity index (χ1n) is 7.30. The van der Waals surface area contributed by atoms with E-state index in [9.17, 15) is 0 Å². The molecule has 0 aliphatic carbocycles. The number of para-hydroxylation sites is 1. The van der Waals surface area contributed by atoms with Crippen molar-refractivity contribution in [1.29, 1.82) is 0 Å². The number of benzene rings is 1. The summed E-state index contributed by atoms with van der Waals surface area (Å²) in [6, 6.07) is 12.9. The first kappa shape index (κ1) is 16.0. The van der Waals surface area contributed by atoms with Crippen LogP contribution in [0.1, 0.15) is 19.0 Å². The molecule has 0 spiro atoms. The summed E-state index contributed by atoms with van der Waals surface area (Å²) in [4.78, 5) is 2.48. The molecule has 2 heterocycles. The topological polar surface area (TPSA) is 47.1 Å². The van der Waals surface area contributed by atoms with Gasteiger partial charge in [-0.25, -0.2) is 4.68 Å². The van der Waals surface area contributed by atoms with Gasteiger partial charge in [0.05, 0.1) is 11.4 Å². The summed E-state index contributed by atoms with van der Waals surface area (Å²) in [5, 5.41) is 4.67. The van der Waals surface area contributed by atoms with Crippen molar-refractivity contribution >= 4 is 12.4 Å². The molecule has 2 unspecified atom stereocenters. The lowest BCUT2D eigenvalue weighted by molar-refractivity contribution is 0.252. The molecular weight excluding hydrogens is 284 g/mol. The van der Waals surface area contributed by atoms with Gasteiger partial charge in [-0.2, -0.15) is 5.10 Å². The van der Waals surface area contributed by atoms with Crippen molar-refractivity contribution in [3.05, 3.63) is 48.3 Å². The third-order valence-electron chi connectivity index (χ3n) is 4.15. The standard InChI is InChI=1S/C16H22N4.ClH/c1-13-9-14(10-17)11-19(13)12-15-7-8-20(18-15)16-5-3-2-4-6-16;/h2-8,13-14H,9-12,17H2,1H3;1H. The maximum absolute atomic E-state index is 5.79. The van der Waals surface area contributed by atoms with Crippen LogP contribution in [0.4, 0.5) is 0 Å². The Morgan fingerprint density at radius 3 is 2.67 bits per heavy atom. The maximum Gasteiger partial charge on any atom is 0.0769 e. The molecule has 3 rings (SSSR count). The third-order valence-corrected chi connectivity index (χ3v) is 4.15. The number of nitrogens with two attached hydrogens (primary N) is 1. The van der Waals surface area contributed by atoms with Gasteiger partial charge in [-0.15, -0.1) is 12.4 Å². The Labute approximate surface area is 132 Å². The minimum Gasteiger partial charge on any atom is -0.330 e. The fraction of sp³-hybridized carbons (Fsp3) is 0.438. The molecule has 114 valence electrons. The third kappa shape index (κ3) is 3.64. The lowest BCUT2D eigenvalue weighted by Gasteiger charge is -2.19. The van der Waals surface area contributed by atoms with Crippen molar-refractivity contribution < 1.29 is 0 Å². The number of rotatable bonds is 4. The summed E-state index contributed by atoms with van der Waals surface area (Å²) in [7, 11) is 0. The van der Waals surface area contributed by atoms with Crippen LogP contribution in [0.15, 0.2) is 42.6 Å². The molecule has 4 nitrogen and oxygen atoms in total. The SMILES string of the molecule is CC1CC(CN)CN1Cc1ccn(-c2ccccc2)n1.Cl. The number of halogens is 1. The van der Waals surface area contributed by atoms with Gasteiger partial charge in [0.2, 0.25) is 0 Å². The molecule has 5 heteroatoms. The van der Waals surface area contributed by atoms with E-state index in [0.29, 0.717) is 12.0 Å². The average molecular weight is 307 g/mol. The van der Waals surface area contributed by atoms with Gasteiger partial charge in [0.25, 0.3) is 0 Å². The monoisotopic (exact) mass is 306 g/mol. The predicted molar refractivity (Wildman–Crippen MR) is 87.8 cm³/mol. The minimum atomic E-state index is 0. The highest BCUT2D eigenvalue weighted by atomic mass is 35.5. The second kappa shape index (κ2) is 7.07. The molecule has 2 N–H and O–H groups in total. The summed E-state index contributed by atoms with van der Waals surface area (Å²) < 4.78 is 1.94. The number of aromatic nitrogens is 2. The zero-order valence-corrected chi connectivity index (χ0v) is 13.2. The van der Waals surface area contributed by atoms with Crippen LogP contribution in [0.2, 0.25) is 0 Å². The van der Waals surface area contributed by atoms with Gasteiger partial charge in [0, 0.05) is 25.3 Å². The van der Waals surface area contributed by atoms with Crippen LogP contribution in [0, 0.1) is 5.92 Å². The van der Waals surface area contributed by atoms with Gasteiger partial charge in [-0.05, 0) is 44.0 Å². The second-order valence-corrected chi connectivity index (χ2v) is 5.70. The van der Waals surface area contributed by atoms with Gasteiger partial charge < -0.3 is 5.73 Å². The van der Waals surface area contributed by atoms with Crippen molar-refractivity contribution in [2.75, 3.05) is 13.1 Å². The minimum absolute atomic E-state index is 0. The Kier molecular flexibility index (Phi) is 5.39. The van der Waals surface area contributed by atoms with Crippen molar-refractivity contribution in [1.82, 2.24) is 14.7 Å². The van der Waals surface area contributed by atoms with E-state index in [0.717, 1.165) is 31.0 Å². The van der Waals surface area contributed by atoms with Crippen molar-refractivity contribution in [3.63, 3.8) is 0 Å². The smallest absolute Gasteiger partial charge is 0.0769 e. The van der Waals surface area contributed by atoms with E-state index in [1.807, 2.05) is 29.1 Å². The maximum atomic E-state index is 5.79. The van der Waals surface area contributed by atoms with Crippen LogP contribution >= 0.6 is 12.4 Å². The lowest BCUT2D eigenvalue weighted by Crippen LogP contribution is -2.27. The van der Waals surface area contributed by atoms with E-state index in [2.05, 4.69) is 35.1 Å². The normalized spacial score (nSPS) is 22.2. The molecule has 2 atom stereocenters. The zero-order chi connectivity index (χ0) is 13.9. The van der Waals surface area contributed by atoms with Crippen molar-refractivity contribution in [2.45, 2.75) is 25.9 Å². The van der Waals surface area contributed by atoms with Crippen LogP contribution in [0.5, 0.6) is 0 Å². The van der Waals surface area contributed by atoms with Crippen molar-refractivity contribution in [3.8, 4) is 5.69 Å². The fourth-order valence-corrected chi connectivity index (χ4v) is 2.99. The lowest BCUT2D eigenvalue weighted by atomic mass is 10.1. The Morgan fingerprint density at radius 2 is 2.00 bits per heavy atom. The van der Waals surface area contributed by atoms with E-state index in [-0.39, 0.29) is 12.4 Å². The molecule has 1 fully saturated rings. The van der Waals surface area contributed by atoms with E-state index in [1.165, 1.54) is 6.42 Å². The highest BCUT2D eigenvalue weighted by Gasteiger charge is 2.28. The number of likely N-dealkylation sites (tertiary alicyclic amines) is 1. The predicted octanol–water partition coefficient (Wildman–Crippen LogP) is 2.46. The number of hydrogen-bond acceptors (Lipinski definition) is 3. The van der Waals surface area contributed by atoms with Crippen molar-refractivity contribution in [2.24, 2.45) is 11.7 Å². The molecule has 1 saturated heterocycles. The molecule has 1 aromatic heterocycles. The molecule has 0 amide bonds.